The summed E-state index contributed by atoms with van der Waals surface area (Å²) in [5.41, 5.74) is 13.8. The number of halogens is 1. The molecular formula is C20H15FN6O. The van der Waals surface area contributed by atoms with Gasteiger partial charge in [0.2, 0.25) is 5.95 Å². The molecule has 0 aliphatic heterocycles. The number of aromatic nitrogens is 4. The summed E-state index contributed by atoms with van der Waals surface area (Å²) in [6, 6.07) is 12.3. The zero-order chi connectivity index (χ0) is 19.5. The third-order valence-electron chi connectivity index (χ3n) is 4.00. The zero-order valence-electron chi connectivity index (χ0n) is 14.6. The molecule has 0 aliphatic rings. The van der Waals surface area contributed by atoms with E-state index in [9.17, 15) is 4.39 Å². The highest BCUT2D eigenvalue weighted by Gasteiger charge is 2.12. The predicted octanol–water partition coefficient (Wildman–Crippen LogP) is 3.70. The Labute approximate surface area is 159 Å². The third-order valence-corrected chi connectivity index (χ3v) is 4.00. The standard InChI is InChI=1S/C20H15FN6O/c21-17-7-12(5-6-15(17)13-8-24-19(23)25-9-13)16-3-1-2-4-18(16)28-20-26-10-14(22)11-27-20/h1-11H,22H2,(H2,23,24,25). The van der Waals surface area contributed by atoms with Crippen molar-refractivity contribution in [3.8, 4) is 34.0 Å². The first kappa shape index (κ1) is 17.3. The minimum atomic E-state index is -0.413. The van der Waals surface area contributed by atoms with Crippen LogP contribution in [0.5, 0.6) is 11.8 Å². The smallest absolute Gasteiger partial charge is 0.322 e. The van der Waals surface area contributed by atoms with E-state index >= 15 is 0 Å². The Kier molecular flexibility index (Phi) is 4.51. The molecule has 0 unspecified atom stereocenters. The Bertz CT molecular complexity index is 1120. The van der Waals surface area contributed by atoms with Gasteiger partial charge in [-0.3, -0.25) is 0 Å². The van der Waals surface area contributed by atoms with Crippen LogP contribution in [-0.4, -0.2) is 19.9 Å². The molecule has 4 N–H and O–H groups in total. The van der Waals surface area contributed by atoms with Crippen LogP contribution in [0, 0.1) is 5.82 Å². The van der Waals surface area contributed by atoms with Crippen molar-refractivity contribution < 1.29 is 9.13 Å². The van der Waals surface area contributed by atoms with Gasteiger partial charge in [-0.2, -0.15) is 0 Å². The molecule has 7 nitrogen and oxygen atoms in total. The second-order valence-corrected chi connectivity index (χ2v) is 5.92. The number of para-hydroxylation sites is 1. The summed E-state index contributed by atoms with van der Waals surface area (Å²) >= 11 is 0. The van der Waals surface area contributed by atoms with E-state index in [0.717, 1.165) is 0 Å². The van der Waals surface area contributed by atoms with Crippen LogP contribution in [0.2, 0.25) is 0 Å². The van der Waals surface area contributed by atoms with Gasteiger partial charge in [-0.25, -0.2) is 24.3 Å². The monoisotopic (exact) mass is 374 g/mol. The Hall–Kier alpha value is -4.07. The Morgan fingerprint density at radius 2 is 1.46 bits per heavy atom. The van der Waals surface area contributed by atoms with Crippen molar-refractivity contribution in [3.63, 3.8) is 0 Å². The first-order chi connectivity index (χ1) is 13.6. The molecule has 138 valence electrons. The minimum absolute atomic E-state index is 0.136. The fourth-order valence-corrected chi connectivity index (χ4v) is 2.67. The maximum absolute atomic E-state index is 14.8. The van der Waals surface area contributed by atoms with Gasteiger partial charge in [0.05, 0.1) is 18.1 Å². The average molecular weight is 374 g/mol. The first-order valence-electron chi connectivity index (χ1n) is 8.32. The van der Waals surface area contributed by atoms with Crippen molar-refractivity contribution in [2.24, 2.45) is 0 Å². The van der Waals surface area contributed by atoms with Crippen LogP contribution < -0.4 is 16.2 Å². The highest BCUT2D eigenvalue weighted by molar-refractivity contribution is 5.74. The molecule has 4 aromatic rings. The maximum Gasteiger partial charge on any atom is 0.322 e. The zero-order valence-corrected chi connectivity index (χ0v) is 14.6. The van der Waals surface area contributed by atoms with Crippen molar-refractivity contribution in [2.45, 2.75) is 0 Å². The summed E-state index contributed by atoms with van der Waals surface area (Å²) in [4.78, 5) is 15.9. The topological polar surface area (TPSA) is 113 Å². The lowest BCUT2D eigenvalue weighted by atomic mass is 10.0. The van der Waals surface area contributed by atoms with Gasteiger partial charge in [0.1, 0.15) is 11.6 Å². The van der Waals surface area contributed by atoms with E-state index < -0.39 is 5.82 Å². The molecule has 28 heavy (non-hydrogen) atoms. The number of ether oxygens (including phenoxy) is 1. The van der Waals surface area contributed by atoms with Crippen molar-refractivity contribution in [2.75, 3.05) is 11.5 Å². The molecular weight excluding hydrogens is 359 g/mol. The van der Waals surface area contributed by atoms with Gasteiger partial charge in [-0.05, 0) is 17.7 Å². The average Bonchev–Trinajstić information content (AvgIpc) is 2.71. The molecule has 0 atom stereocenters. The quantitative estimate of drug-likeness (QED) is 0.560. The highest BCUT2D eigenvalue weighted by atomic mass is 19.1. The van der Waals surface area contributed by atoms with Gasteiger partial charge in [-0.15, -0.1) is 0 Å². The SMILES string of the molecule is Nc1cnc(Oc2ccccc2-c2ccc(-c3cnc(N)nc3)c(F)c2)nc1. The minimum Gasteiger partial charge on any atom is -0.424 e. The molecule has 0 saturated heterocycles. The van der Waals surface area contributed by atoms with Crippen LogP contribution >= 0.6 is 0 Å². The largest absolute Gasteiger partial charge is 0.424 e. The lowest BCUT2D eigenvalue weighted by Crippen LogP contribution is -1.96. The fraction of sp³-hybridized carbons (Fsp3) is 0. The highest BCUT2D eigenvalue weighted by Crippen LogP contribution is 2.34. The molecule has 2 aromatic heterocycles. The van der Waals surface area contributed by atoms with Gasteiger partial charge < -0.3 is 16.2 Å². The van der Waals surface area contributed by atoms with Crippen LogP contribution in [0.1, 0.15) is 0 Å². The van der Waals surface area contributed by atoms with E-state index in [1.165, 1.54) is 30.9 Å². The number of hydrogen-bond acceptors (Lipinski definition) is 7. The fourth-order valence-electron chi connectivity index (χ4n) is 2.67. The van der Waals surface area contributed by atoms with Crippen LogP contribution in [-0.2, 0) is 0 Å². The van der Waals surface area contributed by atoms with Gasteiger partial charge >= 0.3 is 6.01 Å². The Morgan fingerprint density at radius 1 is 0.750 bits per heavy atom. The number of nitrogen functional groups attached to an aromatic ring is 2. The van der Waals surface area contributed by atoms with E-state index in [-0.39, 0.29) is 12.0 Å². The number of nitrogens with zero attached hydrogens (tertiary/aromatic N) is 4. The number of rotatable bonds is 4. The molecule has 0 fully saturated rings. The van der Waals surface area contributed by atoms with E-state index in [2.05, 4.69) is 19.9 Å². The number of hydrogen-bond donors (Lipinski definition) is 2. The molecule has 0 aliphatic carbocycles. The summed E-state index contributed by atoms with van der Waals surface area (Å²) in [5.74, 6) is 0.219. The molecule has 0 bridgehead atoms. The maximum atomic E-state index is 14.8. The second-order valence-electron chi connectivity index (χ2n) is 5.92. The second kappa shape index (κ2) is 7.28. The van der Waals surface area contributed by atoms with Crippen molar-refractivity contribution >= 4 is 11.6 Å². The normalized spacial score (nSPS) is 10.6. The van der Waals surface area contributed by atoms with Crippen LogP contribution in [0.4, 0.5) is 16.0 Å². The lowest BCUT2D eigenvalue weighted by Gasteiger charge is -2.11. The molecule has 4 rings (SSSR count). The molecule has 2 aromatic carbocycles. The molecule has 8 heteroatoms. The molecule has 0 saturated carbocycles. The summed E-state index contributed by atoms with van der Waals surface area (Å²) in [6.45, 7) is 0. The number of nitrogens with two attached hydrogens (primary N) is 2. The number of benzene rings is 2. The summed E-state index contributed by atoms with van der Waals surface area (Å²) in [6.07, 6.45) is 5.87. The summed E-state index contributed by atoms with van der Waals surface area (Å²) in [7, 11) is 0. The first-order valence-corrected chi connectivity index (χ1v) is 8.32. The van der Waals surface area contributed by atoms with Crippen LogP contribution in [0.3, 0.4) is 0 Å². The van der Waals surface area contributed by atoms with E-state index in [0.29, 0.717) is 33.7 Å². The van der Waals surface area contributed by atoms with Crippen LogP contribution in [0.15, 0.2) is 67.3 Å². The summed E-state index contributed by atoms with van der Waals surface area (Å²) in [5, 5.41) is 0. The van der Waals surface area contributed by atoms with Gasteiger partial charge in [-0.1, -0.05) is 30.3 Å². The summed E-state index contributed by atoms with van der Waals surface area (Å²) < 4.78 is 20.5. The third kappa shape index (κ3) is 3.56. The number of anilines is 2. The molecule has 2 heterocycles. The molecule has 0 radical (unpaired) electrons. The van der Waals surface area contributed by atoms with E-state index in [4.69, 9.17) is 16.2 Å². The molecule has 0 spiro atoms. The van der Waals surface area contributed by atoms with Gasteiger partial charge in [0.15, 0.2) is 0 Å². The predicted molar refractivity (Wildman–Crippen MR) is 104 cm³/mol. The van der Waals surface area contributed by atoms with E-state index in [1.54, 1.807) is 18.2 Å². The molecule has 0 amide bonds. The van der Waals surface area contributed by atoms with Gasteiger partial charge in [0, 0.05) is 29.1 Å². The van der Waals surface area contributed by atoms with Crippen LogP contribution in [0.25, 0.3) is 22.3 Å². The van der Waals surface area contributed by atoms with Crippen molar-refractivity contribution in [1.29, 1.82) is 0 Å². The lowest BCUT2D eigenvalue weighted by molar-refractivity contribution is 0.443. The Balaban J connectivity index is 1.68. The Morgan fingerprint density at radius 3 is 2.18 bits per heavy atom. The van der Waals surface area contributed by atoms with Crippen molar-refractivity contribution in [3.05, 3.63) is 73.1 Å². The van der Waals surface area contributed by atoms with Crippen molar-refractivity contribution in [1.82, 2.24) is 19.9 Å². The van der Waals surface area contributed by atoms with E-state index in [1.807, 2.05) is 18.2 Å². The van der Waals surface area contributed by atoms with Gasteiger partial charge in [0.25, 0.3) is 0 Å².